The van der Waals surface area contributed by atoms with Gasteiger partial charge in [-0.05, 0) is 19.9 Å². The van der Waals surface area contributed by atoms with E-state index in [1.54, 1.807) is 11.8 Å². The lowest BCUT2D eigenvalue weighted by Crippen LogP contribution is -2.29. The fraction of sp³-hybridized carbons (Fsp3) is 0.474. The standard InChI is InChI=1S/C19H23F2N3O3/c1-11-9-14-17(12(2)27-11)23-24(7-8-26-3)18(14)19(25)22-10-13-5-4-6-15(20)16(13)21/h4-6,11-12H,7-10H2,1-3H3,(H,22,25)/t11-,12+/m0/s1. The largest absolute Gasteiger partial charge is 0.383 e. The topological polar surface area (TPSA) is 65.4 Å². The van der Waals surface area contributed by atoms with Crippen LogP contribution in [0.15, 0.2) is 18.2 Å². The Morgan fingerprint density at radius 3 is 2.93 bits per heavy atom. The van der Waals surface area contributed by atoms with Crippen LogP contribution in [0.2, 0.25) is 0 Å². The van der Waals surface area contributed by atoms with Crippen molar-refractivity contribution >= 4 is 5.91 Å². The van der Waals surface area contributed by atoms with Gasteiger partial charge in [0.1, 0.15) is 5.69 Å². The number of hydrogen-bond acceptors (Lipinski definition) is 4. The Bertz CT molecular complexity index is 838. The summed E-state index contributed by atoms with van der Waals surface area (Å²) in [5, 5.41) is 7.21. The van der Waals surface area contributed by atoms with Gasteiger partial charge in [0.05, 0.1) is 31.1 Å². The molecule has 0 fully saturated rings. The Morgan fingerprint density at radius 1 is 1.41 bits per heavy atom. The third kappa shape index (κ3) is 4.01. The quantitative estimate of drug-likeness (QED) is 0.838. The van der Waals surface area contributed by atoms with E-state index in [1.807, 2.05) is 13.8 Å². The van der Waals surface area contributed by atoms with Crippen molar-refractivity contribution in [2.75, 3.05) is 13.7 Å². The molecule has 0 unspecified atom stereocenters. The second-order valence-electron chi connectivity index (χ2n) is 6.62. The fourth-order valence-corrected chi connectivity index (χ4v) is 3.33. The number of ether oxygens (including phenoxy) is 2. The Kier molecular flexibility index (Phi) is 5.86. The summed E-state index contributed by atoms with van der Waals surface area (Å²) in [6.07, 6.45) is 0.295. The van der Waals surface area contributed by atoms with Gasteiger partial charge in [0, 0.05) is 31.2 Å². The molecule has 0 radical (unpaired) electrons. The summed E-state index contributed by atoms with van der Waals surface area (Å²) >= 11 is 0. The average Bonchev–Trinajstić information content (AvgIpc) is 2.99. The number of amides is 1. The van der Waals surface area contributed by atoms with E-state index in [0.29, 0.717) is 25.3 Å². The van der Waals surface area contributed by atoms with Crippen LogP contribution in [-0.4, -0.2) is 35.5 Å². The normalized spacial score (nSPS) is 19.0. The highest BCUT2D eigenvalue weighted by Gasteiger charge is 2.32. The van der Waals surface area contributed by atoms with Crippen molar-refractivity contribution in [1.29, 1.82) is 0 Å². The van der Waals surface area contributed by atoms with Crippen molar-refractivity contribution in [2.24, 2.45) is 0 Å². The molecule has 0 aliphatic carbocycles. The van der Waals surface area contributed by atoms with Crippen molar-refractivity contribution in [1.82, 2.24) is 15.1 Å². The van der Waals surface area contributed by atoms with Crippen molar-refractivity contribution in [3.05, 3.63) is 52.3 Å². The van der Waals surface area contributed by atoms with Gasteiger partial charge in [-0.15, -0.1) is 0 Å². The number of methoxy groups -OCH3 is 1. The molecule has 0 saturated carbocycles. The molecule has 2 heterocycles. The van der Waals surface area contributed by atoms with Gasteiger partial charge in [0.25, 0.3) is 5.91 Å². The number of nitrogens with zero attached hydrogens (tertiary/aromatic N) is 2. The zero-order chi connectivity index (χ0) is 19.6. The maximum absolute atomic E-state index is 13.8. The van der Waals surface area contributed by atoms with Crippen LogP contribution >= 0.6 is 0 Å². The molecular formula is C19H23F2N3O3. The van der Waals surface area contributed by atoms with Crippen LogP contribution in [0.3, 0.4) is 0 Å². The lowest BCUT2D eigenvalue weighted by molar-refractivity contribution is -0.00716. The highest BCUT2D eigenvalue weighted by atomic mass is 19.2. The van der Waals surface area contributed by atoms with Gasteiger partial charge in [-0.3, -0.25) is 9.48 Å². The van der Waals surface area contributed by atoms with E-state index in [-0.39, 0.29) is 30.2 Å². The summed E-state index contributed by atoms with van der Waals surface area (Å²) in [4.78, 5) is 12.9. The number of aromatic nitrogens is 2. The number of halogens is 2. The number of carbonyl (C=O) groups excluding carboxylic acids is 1. The molecule has 146 valence electrons. The zero-order valence-corrected chi connectivity index (χ0v) is 15.6. The highest BCUT2D eigenvalue weighted by molar-refractivity contribution is 5.94. The van der Waals surface area contributed by atoms with Crippen LogP contribution in [0.25, 0.3) is 0 Å². The number of benzene rings is 1. The zero-order valence-electron chi connectivity index (χ0n) is 15.6. The molecule has 3 rings (SSSR count). The molecule has 2 aromatic rings. The van der Waals surface area contributed by atoms with E-state index in [2.05, 4.69) is 10.4 Å². The minimum absolute atomic E-state index is 0.0419. The summed E-state index contributed by atoms with van der Waals surface area (Å²) in [5.41, 5.74) is 2.06. The van der Waals surface area contributed by atoms with Crippen LogP contribution in [0.4, 0.5) is 8.78 Å². The predicted molar refractivity (Wildman–Crippen MR) is 94.3 cm³/mol. The third-order valence-corrected chi connectivity index (χ3v) is 4.59. The van der Waals surface area contributed by atoms with Crippen LogP contribution in [0.5, 0.6) is 0 Å². The molecule has 1 amide bonds. The van der Waals surface area contributed by atoms with Gasteiger partial charge in [0.15, 0.2) is 11.6 Å². The minimum atomic E-state index is -0.955. The number of rotatable bonds is 6. The van der Waals surface area contributed by atoms with E-state index in [1.165, 1.54) is 12.1 Å². The smallest absolute Gasteiger partial charge is 0.270 e. The molecule has 0 bridgehead atoms. The Morgan fingerprint density at radius 2 is 2.19 bits per heavy atom. The summed E-state index contributed by atoms with van der Waals surface area (Å²) in [5.74, 6) is -2.28. The van der Waals surface area contributed by atoms with E-state index in [4.69, 9.17) is 9.47 Å². The molecule has 1 aliphatic heterocycles. The average molecular weight is 379 g/mol. The second-order valence-corrected chi connectivity index (χ2v) is 6.62. The van der Waals surface area contributed by atoms with E-state index in [0.717, 1.165) is 17.3 Å². The third-order valence-electron chi connectivity index (χ3n) is 4.59. The first-order chi connectivity index (χ1) is 12.9. The Balaban J connectivity index is 1.87. The molecule has 1 aliphatic rings. The van der Waals surface area contributed by atoms with Gasteiger partial charge < -0.3 is 14.8 Å². The summed E-state index contributed by atoms with van der Waals surface area (Å²) in [6.45, 7) is 4.52. The van der Waals surface area contributed by atoms with Gasteiger partial charge >= 0.3 is 0 Å². The molecule has 2 atom stereocenters. The lowest BCUT2D eigenvalue weighted by atomic mass is 9.99. The van der Waals surface area contributed by atoms with Crippen LogP contribution in [0.1, 0.15) is 47.3 Å². The SMILES string of the molecule is COCCn1nc2c(c1C(=O)NCc1cccc(F)c1F)C[C@H](C)O[C@@H]2C. The number of carbonyl (C=O) groups is 1. The lowest BCUT2D eigenvalue weighted by Gasteiger charge is -2.24. The maximum atomic E-state index is 13.8. The van der Waals surface area contributed by atoms with Crippen molar-refractivity contribution in [3.63, 3.8) is 0 Å². The molecule has 0 saturated heterocycles. The molecule has 27 heavy (non-hydrogen) atoms. The molecule has 1 aromatic carbocycles. The number of nitrogens with one attached hydrogen (secondary N) is 1. The van der Waals surface area contributed by atoms with E-state index >= 15 is 0 Å². The van der Waals surface area contributed by atoms with Gasteiger partial charge in [-0.25, -0.2) is 8.78 Å². The maximum Gasteiger partial charge on any atom is 0.270 e. The van der Waals surface area contributed by atoms with Crippen LogP contribution < -0.4 is 5.32 Å². The second kappa shape index (κ2) is 8.14. The highest BCUT2D eigenvalue weighted by Crippen LogP contribution is 2.31. The first-order valence-electron chi connectivity index (χ1n) is 8.87. The molecule has 1 aromatic heterocycles. The fourth-order valence-electron chi connectivity index (χ4n) is 3.33. The minimum Gasteiger partial charge on any atom is -0.383 e. The Labute approximate surface area is 156 Å². The van der Waals surface area contributed by atoms with Crippen LogP contribution in [0, 0.1) is 11.6 Å². The van der Waals surface area contributed by atoms with Crippen molar-refractivity contribution in [3.8, 4) is 0 Å². The van der Waals surface area contributed by atoms with Crippen molar-refractivity contribution in [2.45, 2.75) is 45.6 Å². The molecule has 1 N–H and O–H groups in total. The van der Waals surface area contributed by atoms with Crippen molar-refractivity contribution < 1.29 is 23.0 Å². The summed E-state index contributed by atoms with van der Waals surface area (Å²) < 4.78 is 39.7. The molecule has 6 nitrogen and oxygen atoms in total. The van der Waals surface area contributed by atoms with Gasteiger partial charge in [0.2, 0.25) is 0 Å². The van der Waals surface area contributed by atoms with Gasteiger partial charge in [-0.2, -0.15) is 5.10 Å². The predicted octanol–water partition coefficient (Wildman–Crippen LogP) is 2.76. The Hall–Kier alpha value is -2.32. The van der Waals surface area contributed by atoms with Gasteiger partial charge in [-0.1, -0.05) is 12.1 Å². The van der Waals surface area contributed by atoms with E-state index in [9.17, 15) is 13.6 Å². The number of fused-ring (bicyclic) bond motifs is 1. The first-order valence-corrected chi connectivity index (χ1v) is 8.87. The summed E-state index contributed by atoms with van der Waals surface area (Å²) in [7, 11) is 1.57. The summed E-state index contributed by atoms with van der Waals surface area (Å²) in [6, 6.07) is 3.89. The molecular weight excluding hydrogens is 356 g/mol. The van der Waals surface area contributed by atoms with E-state index < -0.39 is 11.6 Å². The monoisotopic (exact) mass is 379 g/mol. The molecule has 0 spiro atoms. The first kappa shape index (κ1) is 19.4. The molecule has 8 heteroatoms. The van der Waals surface area contributed by atoms with Crippen LogP contribution in [-0.2, 0) is 29.0 Å². The number of hydrogen-bond donors (Lipinski definition) is 1.